The molecule has 0 unspecified atom stereocenters. The third-order valence-corrected chi connectivity index (χ3v) is 4.29. The number of nitrogens with zero attached hydrogens (tertiary/aromatic N) is 2. The third-order valence-electron chi connectivity index (χ3n) is 4.29. The molecule has 30 heavy (non-hydrogen) atoms. The van der Waals surface area contributed by atoms with E-state index in [0.29, 0.717) is 19.8 Å². The fourth-order valence-corrected chi connectivity index (χ4v) is 2.72. The molecule has 2 N–H and O–H groups in total. The number of benzene rings is 1. The fourth-order valence-electron chi connectivity index (χ4n) is 2.72. The Morgan fingerprint density at radius 3 is 2.60 bits per heavy atom. The summed E-state index contributed by atoms with van der Waals surface area (Å²) in [6.07, 6.45) is 3.57. The van der Waals surface area contributed by atoms with Crippen LogP contribution in [0.3, 0.4) is 0 Å². The maximum atomic E-state index is 5.78. The van der Waals surface area contributed by atoms with Crippen molar-refractivity contribution in [2.45, 2.75) is 32.9 Å². The average Bonchev–Trinajstić information content (AvgIpc) is 3.26. The van der Waals surface area contributed by atoms with Gasteiger partial charge in [-0.2, -0.15) is 0 Å². The van der Waals surface area contributed by atoms with Gasteiger partial charge in [-0.15, -0.1) is 0 Å². The maximum Gasteiger partial charge on any atom is 0.191 e. The Bertz CT molecular complexity index is 700. The highest BCUT2D eigenvalue weighted by atomic mass is 16.5. The van der Waals surface area contributed by atoms with Crippen LogP contribution >= 0.6 is 0 Å². The molecule has 0 saturated carbocycles. The predicted octanol–water partition coefficient (Wildman–Crippen LogP) is 3.27. The zero-order chi connectivity index (χ0) is 21.4. The van der Waals surface area contributed by atoms with Gasteiger partial charge < -0.3 is 29.4 Å². The molecule has 7 nitrogen and oxygen atoms in total. The van der Waals surface area contributed by atoms with Crippen LogP contribution in [-0.4, -0.2) is 57.8 Å². The molecule has 1 aromatic heterocycles. The van der Waals surface area contributed by atoms with Crippen LogP contribution in [-0.2, 0) is 17.9 Å². The molecule has 2 rings (SSSR count). The summed E-state index contributed by atoms with van der Waals surface area (Å²) in [6, 6.07) is 11.9. The molecule has 2 aromatic rings. The number of rotatable bonds is 14. The first-order chi connectivity index (χ1) is 14.7. The molecule has 1 heterocycles. The van der Waals surface area contributed by atoms with Gasteiger partial charge in [0.05, 0.1) is 19.4 Å². The Balaban J connectivity index is 1.66. The Hall–Kier alpha value is -2.51. The lowest BCUT2D eigenvalue weighted by Crippen LogP contribution is -2.38. The van der Waals surface area contributed by atoms with Gasteiger partial charge in [0.25, 0.3) is 0 Å². The van der Waals surface area contributed by atoms with Crippen LogP contribution in [0, 0.1) is 0 Å². The normalized spacial score (nSPS) is 11.7. The molecule has 0 amide bonds. The summed E-state index contributed by atoms with van der Waals surface area (Å²) in [6.45, 7) is 7.24. The van der Waals surface area contributed by atoms with Crippen LogP contribution < -0.4 is 15.4 Å². The SMILES string of the molecule is CCNC(=NCc1ccc(OCCCN(C)C)cc1)NCCCOCc1ccco1. The summed E-state index contributed by atoms with van der Waals surface area (Å²) in [7, 11) is 4.14. The summed E-state index contributed by atoms with van der Waals surface area (Å²) < 4.78 is 16.6. The molecule has 0 aliphatic rings. The van der Waals surface area contributed by atoms with Gasteiger partial charge in [-0.05, 0) is 63.7 Å². The summed E-state index contributed by atoms with van der Waals surface area (Å²) in [5.41, 5.74) is 1.15. The largest absolute Gasteiger partial charge is 0.494 e. The van der Waals surface area contributed by atoms with E-state index in [0.717, 1.165) is 62.1 Å². The molecular formula is C23H36N4O3. The van der Waals surface area contributed by atoms with Crippen molar-refractivity contribution in [3.63, 3.8) is 0 Å². The van der Waals surface area contributed by atoms with E-state index in [1.807, 2.05) is 24.3 Å². The van der Waals surface area contributed by atoms with Crippen LogP contribution in [0.25, 0.3) is 0 Å². The molecule has 0 bridgehead atoms. The van der Waals surface area contributed by atoms with Crippen LogP contribution in [0.1, 0.15) is 31.1 Å². The Morgan fingerprint density at radius 2 is 1.90 bits per heavy atom. The van der Waals surface area contributed by atoms with Crippen LogP contribution in [0.4, 0.5) is 0 Å². The van der Waals surface area contributed by atoms with Crippen molar-refractivity contribution < 1.29 is 13.9 Å². The monoisotopic (exact) mass is 416 g/mol. The maximum absolute atomic E-state index is 5.78. The highest BCUT2D eigenvalue weighted by molar-refractivity contribution is 5.79. The fraction of sp³-hybridized carbons (Fsp3) is 0.522. The van der Waals surface area contributed by atoms with E-state index in [-0.39, 0.29) is 0 Å². The minimum Gasteiger partial charge on any atom is -0.494 e. The number of aliphatic imine (C=N–C) groups is 1. The van der Waals surface area contributed by atoms with Gasteiger partial charge in [0.1, 0.15) is 18.1 Å². The summed E-state index contributed by atoms with van der Waals surface area (Å²) in [4.78, 5) is 6.82. The van der Waals surface area contributed by atoms with Gasteiger partial charge in [0.15, 0.2) is 5.96 Å². The molecule has 166 valence electrons. The van der Waals surface area contributed by atoms with E-state index in [4.69, 9.17) is 13.9 Å². The molecule has 0 fully saturated rings. The Labute approximate surface area is 180 Å². The van der Waals surface area contributed by atoms with E-state index in [9.17, 15) is 0 Å². The third kappa shape index (κ3) is 10.3. The Kier molecular flexibility index (Phi) is 11.5. The lowest BCUT2D eigenvalue weighted by Gasteiger charge is -2.12. The van der Waals surface area contributed by atoms with Crippen molar-refractivity contribution in [2.75, 3.05) is 46.9 Å². The predicted molar refractivity (Wildman–Crippen MR) is 121 cm³/mol. The highest BCUT2D eigenvalue weighted by Gasteiger charge is 2.00. The van der Waals surface area contributed by atoms with E-state index >= 15 is 0 Å². The molecule has 0 atom stereocenters. The quantitative estimate of drug-likeness (QED) is 0.280. The first-order valence-electron chi connectivity index (χ1n) is 10.7. The summed E-state index contributed by atoms with van der Waals surface area (Å²) in [5.74, 6) is 2.57. The first-order valence-corrected chi connectivity index (χ1v) is 10.7. The van der Waals surface area contributed by atoms with Crippen molar-refractivity contribution in [3.8, 4) is 5.75 Å². The number of hydrogen-bond acceptors (Lipinski definition) is 5. The minimum absolute atomic E-state index is 0.510. The molecule has 0 radical (unpaired) electrons. The highest BCUT2D eigenvalue weighted by Crippen LogP contribution is 2.13. The molecule has 0 saturated heterocycles. The topological polar surface area (TPSA) is 71.3 Å². The van der Waals surface area contributed by atoms with Gasteiger partial charge in [-0.1, -0.05) is 12.1 Å². The number of nitrogens with one attached hydrogen (secondary N) is 2. The van der Waals surface area contributed by atoms with Crippen LogP contribution in [0.15, 0.2) is 52.1 Å². The Morgan fingerprint density at radius 1 is 1.07 bits per heavy atom. The van der Waals surface area contributed by atoms with E-state index in [1.165, 1.54) is 0 Å². The standard InChI is InChI=1S/C23H36N4O3/c1-4-24-23(25-13-6-15-28-19-22-8-5-16-30-22)26-18-20-9-11-21(12-10-20)29-17-7-14-27(2)3/h5,8-12,16H,4,6-7,13-15,17-19H2,1-3H3,(H2,24,25,26). The number of furan rings is 1. The molecule has 0 aliphatic carbocycles. The smallest absolute Gasteiger partial charge is 0.191 e. The molecule has 0 aliphatic heterocycles. The zero-order valence-corrected chi connectivity index (χ0v) is 18.5. The number of ether oxygens (including phenoxy) is 2. The van der Waals surface area contributed by atoms with Crippen molar-refractivity contribution >= 4 is 5.96 Å². The van der Waals surface area contributed by atoms with Crippen molar-refractivity contribution in [2.24, 2.45) is 4.99 Å². The van der Waals surface area contributed by atoms with E-state index in [2.05, 4.69) is 53.7 Å². The molecule has 1 aromatic carbocycles. The average molecular weight is 417 g/mol. The lowest BCUT2D eigenvalue weighted by atomic mass is 10.2. The van der Waals surface area contributed by atoms with E-state index < -0.39 is 0 Å². The minimum atomic E-state index is 0.510. The number of hydrogen-bond donors (Lipinski definition) is 2. The van der Waals surface area contributed by atoms with Gasteiger partial charge in [0.2, 0.25) is 0 Å². The zero-order valence-electron chi connectivity index (χ0n) is 18.5. The molecule has 0 spiro atoms. The van der Waals surface area contributed by atoms with Crippen LogP contribution in [0.2, 0.25) is 0 Å². The van der Waals surface area contributed by atoms with E-state index in [1.54, 1.807) is 6.26 Å². The second-order valence-electron chi connectivity index (χ2n) is 7.26. The summed E-state index contributed by atoms with van der Waals surface area (Å²) in [5, 5.41) is 6.62. The summed E-state index contributed by atoms with van der Waals surface area (Å²) >= 11 is 0. The van der Waals surface area contributed by atoms with Crippen molar-refractivity contribution in [1.82, 2.24) is 15.5 Å². The van der Waals surface area contributed by atoms with Gasteiger partial charge >= 0.3 is 0 Å². The van der Waals surface area contributed by atoms with Crippen LogP contribution in [0.5, 0.6) is 5.75 Å². The van der Waals surface area contributed by atoms with Crippen molar-refractivity contribution in [3.05, 3.63) is 54.0 Å². The van der Waals surface area contributed by atoms with Gasteiger partial charge in [-0.25, -0.2) is 4.99 Å². The van der Waals surface area contributed by atoms with Gasteiger partial charge in [0, 0.05) is 26.2 Å². The molecule has 7 heteroatoms. The first kappa shape index (κ1) is 23.8. The number of guanidine groups is 1. The molecular weight excluding hydrogens is 380 g/mol. The second kappa shape index (κ2) is 14.5. The van der Waals surface area contributed by atoms with Gasteiger partial charge in [-0.3, -0.25) is 0 Å². The lowest BCUT2D eigenvalue weighted by molar-refractivity contribution is 0.105. The second-order valence-corrected chi connectivity index (χ2v) is 7.26. The van der Waals surface area contributed by atoms with Crippen molar-refractivity contribution in [1.29, 1.82) is 0 Å².